The lowest BCUT2D eigenvalue weighted by atomic mass is 9.75. The molecule has 0 spiro atoms. The minimum absolute atomic E-state index is 0.122. The van der Waals surface area contributed by atoms with Gasteiger partial charge in [0.25, 0.3) is 5.91 Å². The molecule has 10 heteroatoms. The molecule has 3 aliphatic carbocycles. The van der Waals surface area contributed by atoms with E-state index in [1.54, 1.807) is 20.8 Å². The number of ether oxygens (including phenoxy) is 2. The number of hydrogen-bond acceptors (Lipinski definition) is 7. The third-order valence-corrected chi connectivity index (χ3v) is 8.73. The number of benzene rings is 1. The molecule has 2 bridgehead atoms. The maximum Gasteiger partial charge on any atom is 0.309 e. The highest BCUT2D eigenvalue weighted by molar-refractivity contribution is 5.98. The zero-order valence-electron chi connectivity index (χ0n) is 23.1. The van der Waals surface area contributed by atoms with Crippen LogP contribution in [0, 0.1) is 34.5 Å². The van der Waals surface area contributed by atoms with E-state index in [1.807, 2.05) is 0 Å². The van der Waals surface area contributed by atoms with Gasteiger partial charge in [-0.1, -0.05) is 0 Å². The van der Waals surface area contributed by atoms with Crippen LogP contribution in [0.25, 0.3) is 0 Å². The molecule has 0 radical (unpaired) electrons. The molecule has 39 heavy (non-hydrogen) atoms. The Balaban J connectivity index is 1.52. The molecule has 3 aliphatic rings. The van der Waals surface area contributed by atoms with E-state index < -0.39 is 22.9 Å². The monoisotopic (exact) mass is 541 g/mol. The minimum Gasteiger partial charge on any atom is -0.496 e. The quantitative estimate of drug-likeness (QED) is 0.371. The molecule has 0 aromatic heterocycles. The van der Waals surface area contributed by atoms with Gasteiger partial charge in [0, 0.05) is 18.7 Å². The lowest BCUT2D eigenvalue weighted by molar-refractivity contribution is -0.150. The van der Waals surface area contributed by atoms with Crippen LogP contribution in [-0.2, 0) is 9.59 Å². The summed E-state index contributed by atoms with van der Waals surface area (Å²) in [6, 6.07) is 4.73. The Bertz CT molecular complexity index is 1160. The maximum absolute atomic E-state index is 13.6. The number of fused-ring (bicyclic) bond motifs is 2. The predicted octanol–water partition coefficient (Wildman–Crippen LogP) is 3.01. The van der Waals surface area contributed by atoms with Crippen LogP contribution in [0.2, 0.25) is 0 Å². The molecule has 4 atom stereocenters. The summed E-state index contributed by atoms with van der Waals surface area (Å²) in [5, 5.41) is 35.2. The second kappa shape index (κ2) is 11.0. The van der Waals surface area contributed by atoms with Crippen molar-refractivity contribution in [3.63, 3.8) is 0 Å². The Hall–Kier alpha value is -3.32. The molecule has 0 unspecified atom stereocenters. The smallest absolute Gasteiger partial charge is 0.309 e. The fraction of sp³-hybridized carbons (Fsp3) is 0.655. The van der Waals surface area contributed by atoms with E-state index in [0.29, 0.717) is 25.7 Å². The van der Waals surface area contributed by atoms with E-state index in [2.05, 4.69) is 16.7 Å². The summed E-state index contributed by atoms with van der Waals surface area (Å²) in [6.45, 7) is 5.11. The van der Waals surface area contributed by atoms with Gasteiger partial charge >= 0.3 is 5.97 Å². The SMILES string of the molecule is COc1cc(C#N)c(O[C@H]2CC[C@@](C)(C(=O)O)CC2)cc1C(=O)N[C@@H]1[C@H]2CC[C@H](C2)[C@@H]1C(=O)NCC(C)(C)O. The van der Waals surface area contributed by atoms with Crippen molar-refractivity contribution < 1.29 is 34.1 Å². The van der Waals surface area contributed by atoms with Gasteiger partial charge in [0.1, 0.15) is 17.6 Å². The number of carboxylic acids is 1. The van der Waals surface area contributed by atoms with E-state index in [4.69, 9.17) is 9.47 Å². The van der Waals surface area contributed by atoms with Gasteiger partial charge in [-0.05, 0) is 83.6 Å². The molecule has 4 N–H and O–H groups in total. The Morgan fingerprint density at radius 1 is 1.13 bits per heavy atom. The van der Waals surface area contributed by atoms with Gasteiger partial charge in [0.05, 0.1) is 41.3 Å². The number of nitriles is 1. The highest BCUT2D eigenvalue weighted by Crippen LogP contribution is 2.49. The van der Waals surface area contributed by atoms with E-state index in [0.717, 1.165) is 19.3 Å². The number of carboxylic acid groups (broad SMARTS) is 1. The number of nitrogens with one attached hydrogen (secondary N) is 2. The minimum atomic E-state index is -1.04. The molecule has 212 valence electrons. The zero-order valence-corrected chi connectivity index (χ0v) is 23.1. The number of nitrogens with zero attached hydrogens (tertiary/aromatic N) is 1. The molecule has 3 fully saturated rings. The van der Waals surface area contributed by atoms with Crippen LogP contribution in [0.1, 0.15) is 81.6 Å². The molecule has 0 saturated heterocycles. The molecule has 2 amide bonds. The molecule has 1 aromatic rings. The lowest BCUT2D eigenvalue weighted by Crippen LogP contribution is -2.51. The Morgan fingerprint density at radius 2 is 1.79 bits per heavy atom. The molecule has 1 aromatic carbocycles. The van der Waals surface area contributed by atoms with Crippen LogP contribution in [-0.4, -0.2) is 59.4 Å². The number of carbonyl (C=O) groups excluding carboxylic acids is 2. The summed E-state index contributed by atoms with van der Waals surface area (Å²) in [4.78, 5) is 38.3. The number of carbonyl (C=O) groups is 3. The van der Waals surface area contributed by atoms with Crippen molar-refractivity contribution in [2.24, 2.45) is 23.2 Å². The summed E-state index contributed by atoms with van der Waals surface area (Å²) in [5.74, 6) is -0.966. The van der Waals surface area contributed by atoms with Gasteiger partial charge in [-0.2, -0.15) is 5.26 Å². The summed E-state index contributed by atoms with van der Waals surface area (Å²) in [7, 11) is 1.42. The van der Waals surface area contributed by atoms with Crippen molar-refractivity contribution in [1.82, 2.24) is 10.6 Å². The van der Waals surface area contributed by atoms with Gasteiger partial charge < -0.3 is 30.3 Å². The Kier molecular flexibility index (Phi) is 8.12. The molecular formula is C29H39N3O7. The van der Waals surface area contributed by atoms with E-state index in [1.165, 1.54) is 19.2 Å². The van der Waals surface area contributed by atoms with Crippen molar-refractivity contribution in [3.05, 3.63) is 23.3 Å². The number of amides is 2. The van der Waals surface area contributed by atoms with Crippen molar-refractivity contribution in [2.45, 2.75) is 83.5 Å². The largest absolute Gasteiger partial charge is 0.496 e. The number of hydrogen-bond donors (Lipinski definition) is 4. The standard InChI is InChI=1S/C29H39N3O7/c1-28(2,37)15-31-26(34)23-16-5-6-17(11-16)24(23)32-25(33)20-13-21(18(14-30)12-22(20)38-4)39-19-7-9-29(3,10-8-19)27(35)36/h12-13,16-17,19,23-24,37H,5-11,15H2,1-4H3,(H,31,34)(H,32,33)(H,35,36)/t16-,17+,19-,23+,24-,29+/m1/s1. The van der Waals surface area contributed by atoms with E-state index >= 15 is 0 Å². The Labute approximate surface area is 229 Å². The Morgan fingerprint density at radius 3 is 2.38 bits per heavy atom. The summed E-state index contributed by atoms with van der Waals surface area (Å²) < 4.78 is 11.6. The molecule has 10 nitrogen and oxygen atoms in total. The third-order valence-electron chi connectivity index (χ3n) is 8.73. The predicted molar refractivity (Wildman–Crippen MR) is 141 cm³/mol. The molecule has 0 aliphatic heterocycles. The van der Waals surface area contributed by atoms with Crippen LogP contribution in [0.15, 0.2) is 12.1 Å². The fourth-order valence-corrected chi connectivity index (χ4v) is 6.36. The van der Waals surface area contributed by atoms with Crippen molar-refractivity contribution in [3.8, 4) is 17.6 Å². The highest BCUT2D eigenvalue weighted by Gasteiger charge is 2.51. The first kappa shape index (κ1) is 28.7. The van der Waals surface area contributed by atoms with Gasteiger partial charge in [-0.15, -0.1) is 0 Å². The van der Waals surface area contributed by atoms with Gasteiger partial charge in [-0.25, -0.2) is 0 Å². The average molecular weight is 542 g/mol. The molecule has 4 rings (SSSR count). The van der Waals surface area contributed by atoms with Crippen LogP contribution < -0.4 is 20.1 Å². The van der Waals surface area contributed by atoms with Gasteiger partial charge in [0.2, 0.25) is 5.91 Å². The fourth-order valence-electron chi connectivity index (χ4n) is 6.36. The number of aliphatic hydroxyl groups is 1. The van der Waals surface area contributed by atoms with Crippen molar-refractivity contribution in [1.29, 1.82) is 5.26 Å². The third kappa shape index (κ3) is 6.14. The topological polar surface area (TPSA) is 158 Å². The van der Waals surface area contributed by atoms with Crippen LogP contribution in [0.3, 0.4) is 0 Å². The summed E-state index contributed by atoms with van der Waals surface area (Å²) in [5.41, 5.74) is -1.41. The van der Waals surface area contributed by atoms with Crippen molar-refractivity contribution >= 4 is 17.8 Å². The molecular weight excluding hydrogens is 502 g/mol. The number of rotatable bonds is 9. The molecule has 3 saturated carbocycles. The van der Waals surface area contributed by atoms with Crippen LogP contribution >= 0.6 is 0 Å². The zero-order chi connectivity index (χ0) is 28.5. The first-order chi connectivity index (χ1) is 18.3. The van der Waals surface area contributed by atoms with E-state index in [9.17, 15) is 29.9 Å². The average Bonchev–Trinajstić information content (AvgIpc) is 3.50. The van der Waals surface area contributed by atoms with E-state index in [-0.39, 0.29) is 65.0 Å². The number of methoxy groups -OCH3 is 1. The lowest BCUT2D eigenvalue weighted by Gasteiger charge is -2.34. The summed E-state index contributed by atoms with van der Waals surface area (Å²) in [6.07, 6.45) is 4.41. The van der Waals surface area contributed by atoms with Crippen LogP contribution in [0.5, 0.6) is 11.5 Å². The van der Waals surface area contributed by atoms with Gasteiger partial charge in [0.15, 0.2) is 0 Å². The molecule has 0 heterocycles. The summed E-state index contributed by atoms with van der Waals surface area (Å²) >= 11 is 0. The van der Waals surface area contributed by atoms with Gasteiger partial charge in [-0.3, -0.25) is 14.4 Å². The number of aliphatic carboxylic acids is 1. The first-order valence-corrected chi connectivity index (χ1v) is 13.7. The second-order valence-corrected chi connectivity index (χ2v) is 12.2. The van der Waals surface area contributed by atoms with Crippen LogP contribution in [0.4, 0.5) is 0 Å². The van der Waals surface area contributed by atoms with Crippen molar-refractivity contribution in [2.75, 3.05) is 13.7 Å². The highest BCUT2D eigenvalue weighted by atomic mass is 16.5. The second-order valence-electron chi connectivity index (χ2n) is 12.2. The normalized spacial score (nSPS) is 29.8. The maximum atomic E-state index is 13.6. The first-order valence-electron chi connectivity index (χ1n) is 13.7.